The van der Waals surface area contributed by atoms with Crippen LogP contribution < -0.4 is 0 Å². The number of rotatable bonds is 8. The molecular formula is C13H24O2. The zero-order valence-electron chi connectivity index (χ0n) is 10.6. The summed E-state index contributed by atoms with van der Waals surface area (Å²) in [7, 11) is 0. The zero-order chi connectivity index (χ0) is 11.9. The van der Waals surface area contributed by atoms with E-state index in [9.17, 15) is 9.59 Å². The minimum Gasteiger partial charge on any atom is -0.300 e. The van der Waals surface area contributed by atoms with Gasteiger partial charge in [0.15, 0.2) is 0 Å². The van der Waals surface area contributed by atoms with Gasteiger partial charge in [0.2, 0.25) is 0 Å². The molecule has 0 saturated heterocycles. The predicted molar refractivity (Wildman–Crippen MR) is 62.8 cm³/mol. The van der Waals surface area contributed by atoms with Crippen LogP contribution in [-0.2, 0) is 9.59 Å². The third-order valence-electron chi connectivity index (χ3n) is 3.12. The summed E-state index contributed by atoms with van der Waals surface area (Å²) >= 11 is 0. The van der Waals surface area contributed by atoms with Crippen molar-refractivity contribution in [2.24, 2.45) is 5.41 Å². The van der Waals surface area contributed by atoms with Crippen LogP contribution in [0.5, 0.6) is 0 Å². The maximum Gasteiger partial charge on any atom is 0.133 e. The van der Waals surface area contributed by atoms with Crippen LogP contribution in [0.3, 0.4) is 0 Å². The third-order valence-corrected chi connectivity index (χ3v) is 3.12. The number of hydrogen-bond acceptors (Lipinski definition) is 2. The molecule has 0 amide bonds. The van der Waals surface area contributed by atoms with Gasteiger partial charge < -0.3 is 4.79 Å². The lowest BCUT2D eigenvalue weighted by molar-refractivity contribution is -0.123. The average molecular weight is 212 g/mol. The van der Waals surface area contributed by atoms with Crippen LogP contribution in [0.4, 0.5) is 0 Å². The fourth-order valence-corrected chi connectivity index (χ4v) is 2.27. The summed E-state index contributed by atoms with van der Waals surface area (Å²) in [5.41, 5.74) is -0.0618. The Morgan fingerprint density at radius 2 is 1.67 bits per heavy atom. The number of carbonyl (C=O) groups excluding carboxylic acids is 2. The van der Waals surface area contributed by atoms with Gasteiger partial charge in [-0.3, -0.25) is 4.79 Å². The second-order valence-corrected chi connectivity index (χ2v) is 4.55. The number of ketones is 2. The van der Waals surface area contributed by atoms with Gasteiger partial charge in [0.1, 0.15) is 11.6 Å². The first kappa shape index (κ1) is 14.3. The SMILES string of the molecule is CCCC(CC)(CC(C)=O)CC(=O)CC. The van der Waals surface area contributed by atoms with E-state index in [-0.39, 0.29) is 17.0 Å². The topological polar surface area (TPSA) is 34.1 Å². The molecule has 2 heteroatoms. The third kappa shape index (κ3) is 5.10. The number of carbonyl (C=O) groups is 2. The van der Waals surface area contributed by atoms with Crippen molar-refractivity contribution >= 4 is 11.6 Å². The van der Waals surface area contributed by atoms with E-state index in [1.54, 1.807) is 6.92 Å². The highest BCUT2D eigenvalue weighted by molar-refractivity contribution is 5.81. The maximum absolute atomic E-state index is 11.5. The van der Waals surface area contributed by atoms with Crippen molar-refractivity contribution in [1.29, 1.82) is 0 Å². The molecule has 15 heavy (non-hydrogen) atoms. The molecule has 0 aromatic heterocycles. The van der Waals surface area contributed by atoms with Gasteiger partial charge in [-0.25, -0.2) is 0 Å². The summed E-state index contributed by atoms with van der Waals surface area (Å²) < 4.78 is 0. The molecule has 1 atom stereocenters. The standard InChI is InChI=1S/C13H24O2/c1-5-8-13(7-3,9-11(4)14)10-12(15)6-2/h5-10H2,1-4H3. The Morgan fingerprint density at radius 3 is 2.00 bits per heavy atom. The molecule has 0 aromatic carbocycles. The van der Waals surface area contributed by atoms with Crippen molar-refractivity contribution < 1.29 is 9.59 Å². The lowest BCUT2D eigenvalue weighted by Crippen LogP contribution is -2.26. The van der Waals surface area contributed by atoms with Gasteiger partial charge in [0.05, 0.1) is 0 Å². The van der Waals surface area contributed by atoms with Crippen LogP contribution in [0.25, 0.3) is 0 Å². The Hall–Kier alpha value is -0.660. The van der Waals surface area contributed by atoms with Gasteiger partial charge in [-0.05, 0) is 25.2 Å². The molecule has 0 heterocycles. The zero-order valence-corrected chi connectivity index (χ0v) is 10.6. The Kier molecular flexibility index (Phi) is 6.46. The Labute approximate surface area is 93.4 Å². The van der Waals surface area contributed by atoms with Crippen molar-refractivity contribution in [3.8, 4) is 0 Å². The molecule has 0 N–H and O–H groups in total. The molecule has 0 spiro atoms. The maximum atomic E-state index is 11.5. The fraction of sp³-hybridized carbons (Fsp3) is 0.846. The number of hydrogen-bond donors (Lipinski definition) is 0. The Morgan fingerprint density at radius 1 is 1.07 bits per heavy atom. The predicted octanol–water partition coefficient (Wildman–Crippen LogP) is 3.53. The van der Waals surface area contributed by atoms with E-state index in [2.05, 4.69) is 13.8 Å². The summed E-state index contributed by atoms with van der Waals surface area (Å²) in [5.74, 6) is 0.487. The first-order valence-corrected chi connectivity index (χ1v) is 6.00. The molecule has 0 saturated carbocycles. The highest BCUT2D eigenvalue weighted by Crippen LogP contribution is 2.36. The first-order valence-electron chi connectivity index (χ1n) is 6.00. The quantitative estimate of drug-likeness (QED) is 0.616. The van der Waals surface area contributed by atoms with Gasteiger partial charge >= 0.3 is 0 Å². The monoisotopic (exact) mass is 212 g/mol. The minimum atomic E-state index is -0.0618. The van der Waals surface area contributed by atoms with Gasteiger partial charge in [-0.15, -0.1) is 0 Å². The van der Waals surface area contributed by atoms with E-state index >= 15 is 0 Å². The second kappa shape index (κ2) is 6.76. The van der Waals surface area contributed by atoms with E-state index < -0.39 is 0 Å². The smallest absolute Gasteiger partial charge is 0.133 e. The van der Waals surface area contributed by atoms with Crippen molar-refractivity contribution in [1.82, 2.24) is 0 Å². The Balaban J connectivity index is 4.63. The van der Waals surface area contributed by atoms with Crippen LogP contribution >= 0.6 is 0 Å². The summed E-state index contributed by atoms with van der Waals surface area (Å²) in [6, 6.07) is 0. The number of Topliss-reactive ketones (excluding diaryl/α,β-unsaturated/α-hetero) is 2. The Bertz CT molecular complexity index is 221. The van der Waals surface area contributed by atoms with E-state index in [4.69, 9.17) is 0 Å². The molecule has 0 rings (SSSR count). The van der Waals surface area contributed by atoms with E-state index in [1.165, 1.54) is 0 Å². The van der Waals surface area contributed by atoms with Crippen LogP contribution in [0.2, 0.25) is 0 Å². The molecular weight excluding hydrogens is 188 g/mol. The van der Waals surface area contributed by atoms with E-state index in [0.29, 0.717) is 19.3 Å². The van der Waals surface area contributed by atoms with E-state index in [0.717, 1.165) is 19.3 Å². The van der Waals surface area contributed by atoms with Crippen LogP contribution in [0.1, 0.15) is 66.2 Å². The summed E-state index contributed by atoms with van der Waals surface area (Å²) in [5, 5.41) is 0. The molecule has 2 nitrogen and oxygen atoms in total. The molecule has 88 valence electrons. The molecule has 0 fully saturated rings. The largest absolute Gasteiger partial charge is 0.300 e. The van der Waals surface area contributed by atoms with Crippen molar-refractivity contribution in [3.63, 3.8) is 0 Å². The highest BCUT2D eigenvalue weighted by atomic mass is 16.1. The lowest BCUT2D eigenvalue weighted by atomic mass is 9.73. The van der Waals surface area contributed by atoms with Crippen molar-refractivity contribution in [3.05, 3.63) is 0 Å². The normalized spacial score (nSPS) is 14.7. The molecule has 0 radical (unpaired) electrons. The summed E-state index contributed by atoms with van der Waals surface area (Å²) in [4.78, 5) is 22.8. The molecule has 0 bridgehead atoms. The average Bonchev–Trinajstić information content (AvgIpc) is 2.16. The minimum absolute atomic E-state index is 0.0618. The lowest BCUT2D eigenvalue weighted by Gasteiger charge is -2.31. The van der Waals surface area contributed by atoms with Gasteiger partial charge in [0.25, 0.3) is 0 Å². The highest BCUT2D eigenvalue weighted by Gasteiger charge is 2.30. The molecule has 0 aliphatic carbocycles. The van der Waals surface area contributed by atoms with Crippen molar-refractivity contribution in [2.75, 3.05) is 0 Å². The second-order valence-electron chi connectivity index (χ2n) is 4.55. The molecule has 1 unspecified atom stereocenters. The van der Waals surface area contributed by atoms with Gasteiger partial charge in [-0.1, -0.05) is 27.2 Å². The summed E-state index contributed by atoms with van der Waals surface area (Å²) in [6.45, 7) is 7.71. The van der Waals surface area contributed by atoms with Gasteiger partial charge in [-0.2, -0.15) is 0 Å². The summed E-state index contributed by atoms with van der Waals surface area (Å²) in [6.07, 6.45) is 4.67. The van der Waals surface area contributed by atoms with Crippen molar-refractivity contribution in [2.45, 2.75) is 66.2 Å². The van der Waals surface area contributed by atoms with E-state index in [1.807, 2.05) is 6.92 Å². The van der Waals surface area contributed by atoms with Crippen LogP contribution in [0, 0.1) is 5.41 Å². The molecule has 0 aromatic rings. The van der Waals surface area contributed by atoms with Crippen LogP contribution in [-0.4, -0.2) is 11.6 Å². The fourth-order valence-electron chi connectivity index (χ4n) is 2.27. The van der Waals surface area contributed by atoms with Crippen LogP contribution in [0.15, 0.2) is 0 Å². The first-order chi connectivity index (χ1) is 6.99. The molecule has 0 aliphatic rings. The molecule has 0 aliphatic heterocycles. The van der Waals surface area contributed by atoms with Gasteiger partial charge in [0, 0.05) is 19.3 Å².